The molecular weight excluding hydrogens is 208 g/mol. The Kier molecular flexibility index (Phi) is 4.72. The van der Waals surface area contributed by atoms with Crippen molar-refractivity contribution >= 4 is 0 Å². The summed E-state index contributed by atoms with van der Waals surface area (Å²) >= 11 is 0. The maximum atomic E-state index is 8.90. The Balaban J connectivity index is 2.90. The molecule has 0 amide bonds. The third-order valence-corrected chi connectivity index (χ3v) is 3.31. The first-order valence-corrected chi connectivity index (χ1v) is 6.15. The van der Waals surface area contributed by atoms with E-state index >= 15 is 0 Å². The molecule has 92 valence electrons. The zero-order chi connectivity index (χ0) is 13.0. The van der Waals surface area contributed by atoms with Crippen LogP contribution >= 0.6 is 0 Å². The molecule has 1 aromatic rings. The summed E-state index contributed by atoms with van der Waals surface area (Å²) in [5, 5.41) is 8.90. The second-order valence-electron chi connectivity index (χ2n) is 5.06. The summed E-state index contributed by atoms with van der Waals surface area (Å²) in [6.45, 7) is 9.30. The topological polar surface area (TPSA) is 27.0 Å². The van der Waals surface area contributed by atoms with E-state index in [-0.39, 0.29) is 6.04 Å². The Morgan fingerprint density at radius 2 is 1.94 bits per heavy atom. The molecule has 0 saturated heterocycles. The van der Waals surface area contributed by atoms with Gasteiger partial charge in [-0.2, -0.15) is 5.26 Å². The molecule has 0 spiro atoms. The largest absolute Gasteiger partial charge is 0.287 e. The van der Waals surface area contributed by atoms with Crippen molar-refractivity contribution in [3.63, 3.8) is 0 Å². The molecule has 2 heteroatoms. The summed E-state index contributed by atoms with van der Waals surface area (Å²) in [6.07, 6.45) is 0. The van der Waals surface area contributed by atoms with Crippen LogP contribution in [0.15, 0.2) is 18.2 Å². The van der Waals surface area contributed by atoms with Crippen molar-refractivity contribution in [2.75, 3.05) is 7.05 Å². The van der Waals surface area contributed by atoms with Crippen LogP contribution in [0.1, 0.15) is 43.4 Å². The first kappa shape index (κ1) is 13.7. The first-order valence-electron chi connectivity index (χ1n) is 6.15. The van der Waals surface area contributed by atoms with Gasteiger partial charge in [0.25, 0.3) is 0 Å². The van der Waals surface area contributed by atoms with Crippen LogP contribution in [0.5, 0.6) is 0 Å². The van der Waals surface area contributed by atoms with Gasteiger partial charge in [0.15, 0.2) is 0 Å². The zero-order valence-corrected chi connectivity index (χ0v) is 11.5. The average molecular weight is 230 g/mol. The van der Waals surface area contributed by atoms with Crippen LogP contribution in [0, 0.1) is 18.3 Å². The molecule has 0 saturated carbocycles. The van der Waals surface area contributed by atoms with Gasteiger partial charge in [-0.25, -0.2) is 0 Å². The molecule has 0 heterocycles. The minimum atomic E-state index is -0.0443. The lowest BCUT2D eigenvalue weighted by molar-refractivity contribution is 0.294. The standard InChI is InChI=1S/C15H22N2/c1-11(2)14-7-6-12(3)15(8-14)10-17(5)13(4)9-16/h6-8,11,13H,10H2,1-5H3. The monoisotopic (exact) mass is 230 g/mol. The second-order valence-corrected chi connectivity index (χ2v) is 5.06. The summed E-state index contributed by atoms with van der Waals surface area (Å²) in [6, 6.07) is 8.86. The molecule has 0 N–H and O–H groups in total. The highest BCUT2D eigenvalue weighted by molar-refractivity contribution is 5.32. The minimum Gasteiger partial charge on any atom is -0.287 e. The van der Waals surface area contributed by atoms with Crippen LogP contribution in [0.2, 0.25) is 0 Å². The molecule has 1 aromatic carbocycles. The predicted octanol–water partition coefficient (Wildman–Crippen LogP) is 3.46. The molecular formula is C15H22N2. The van der Waals surface area contributed by atoms with Crippen LogP contribution in [0.3, 0.4) is 0 Å². The van der Waals surface area contributed by atoms with Crippen molar-refractivity contribution in [3.8, 4) is 6.07 Å². The quantitative estimate of drug-likeness (QED) is 0.792. The lowest BCUT2D eigenvalue weighted by Crippen LogP contribution is -2.27. The normalized spacial score (nSPS) is 12.8. The third-order valence-electron chi connectivity index (χ3n) is 3.31. The lowest BCUT2D eigenvalue weighted by atomic mass is 9.97. The van der Waals surface area contributed by atoms with E-state index in [4.69, 9.17) is 5.26 Å². The molecule has 0 bridgehead atoms. The molecule has 1 atom stereocenters. The van der Waals surface area contributed by atoms with Gasteiger partial charge in [-0.05, 0) is 43.5 Å². The van der Waals surface area contributed by atoms with Gasteiger partial charge in [0.05, 0.1) is 12.1 Å². The molecule has 0 aliphatic rings. The van der Waals surface area contributed by atoms with Crippen molar-refractivity contribution in [1.29, 1.82) is 5.26 Å². The van der Waals surface area contributed by atoms with E-state index in [0.29, 0.717) is 5.92 Å². The van der Waals surface area contributed by atoms with Crippen molar-refractivity contribution in [2.24, 2.45) is 0 Å². The summed E-state index contributed by atoms with van der Waals surface area (Å²) in [4.78, 5) is 2.08. The highest BCUT2D eigenvalue weighted by Gasteiger charge is 2.10. The van der Waals surface area contributed by atoms with Gasteiger partial charge in [0.2, 0.25) is 0 Å². The molecule has 0 radical (unpaired) electrons. The van der Waals surface area contributed by atoms with E-state index in [2.05, 4.69) is 49.9 Å². The van der Waals surface area contributed by atoms with E-state index in [9.17, 15) is 0 Å². The molecule has 1 rings (SSSR count). The van der Waals surface area contributed by atoms with Crippen LogP contribution < -0.4 is 0 Å². The molecule has 0 aliphatic carbocycles. The van der Waals surface area contributed by atoms with Gasteiger partial charge >= 0.3 is 0 Å². The lowest BCUT2D eigenvalue weighted by Gasteiger charge is -2.21. The van der Waals surface area contributed by atoms with Crippen molar-refractivity contribution < 1.29 is 0 Å². The number of nitrogens with zero attached hydrogens (tertiary/aromatic N) is 2. The number of rotatable bonds is 4. The van der Waals surface area contributed by atoms with Crippen molar-refractivity contribution in [1.82, 2.24) is 4.90 Å². The SMILES string of the molecule is Cc1ccc(C(C)C)cc1CN(C)C(C)C#N. The van der Waals surface area contributed by atoms with Gasteiger partial charge in [-0.15, -0.1) is 0 Å². The minimum absolute atomic E-state index is 0.0443. The summed E-state index contributed by atoms with van der Waals surface area (Å²) < 4.78 is 0. The van der Waals surface area contributed by atoms with Gasteiger partial charge in [0, 0.05) is 6.54 Å². The van der Waals surface area contributed by atoms with Gasteiger partial charge < -0.3 is 0 Å². The Labute approximate surface area is 105 Å². The number of hydrogen-bond acceptors (Lipinski definition) is 2. The summed E-state index contributed by atoms with van der Waals surface area (Å²) in [7, 11) is 2.00. The van der Waals surface area contributed by atoms with E-state index in [1.54, 1.807) is 0 Å². The fourth-order valence-electron chi connectivity index (χ4n) is 1.73. The van der Waals surface area contributed by atoms with Crippen molar-refractivity contribution in [3.05, 3.63) is 34.9 Å². The van der Waals surface area contributed by atoms with E-state index in [1.165, 1.54) is 16.7 Å². The molecule has 2 nitrogen and oxygen atoms in total. The third kappa shape index (κ3) is 3.57. The summed E-state index contributed by atoms with van der Waals surface area (Å²) in [5.74, 6) is 0.549. The van der Waals surface area contributed by atoms with Gasteiger partial charge in [-0.1, -0.05) is 32.0 Å². The summed E-state index contributed by atoms with van der Waals surface area (Å²) in [5.41, 5.74) is 3.98. The number of nitriles is 1. The van der Waals surface area contributed by atoms with Crippen LogP contribution in [-0.4, -0.2) is 18.0 Å². The fraction of sp³-hybridized carbons (Fsp3) is 0.533. The first-order chi connectivity index (χ1) is 7.95. The Morgan fingerprint density at radius 1 is 1.29 bits per heavy atom. The van der Waals surface area contributed by atoms with E-state index < -0.39 is 0 Å². The maximum Gasteiger partial charge on any atom is 0.0949 e. The van der Waals surface area contributed by atoms with Gasteiger partial charge in [0.1, 0.15) is 0 Å². The average Bonchev–Trinajstić information content (AvgIpc) is 2.30. The molecule has 0 fully saturated rings. The molecule has 17 heavy (non-hydrogen) atoms. The smallest absolute Gasteiger partial charge is 0.0949 e. The van der Waals surface area contributed by atoms with E-state index in [1.807, 2.05) is 14.0 Å². The van der Waals surface area contributed by atoms with Crippen LogP contribution in [0.25, 0.3) is 0 Å². The van der Waals surface area contributed by atoms with Crippen LogP contribution in [-0.2, 0) is 6.54 Å². The van der Waals surface area contributed by atoms with E-state index in [0.717, 1.165) is 6.54 Å². The number of hydrogen-bond donors (Lipinski definition) is 0. The predicted molar refractivity (Wildman–Crippen MR) is 71.8 cm³/mol. The molecule has 0 aliphatic heterocycles. The number of benzene rings is 1. The molecule has 0 aromatic heterocycles. The Hall–Kier alpha value is -1.33. The maximum absolute atomic E-state index is 8.90. The molecule has 1 unspecified atom stereocenters. The Morgan fingerprint density at radius 3 is 2.47 bits per heavy atom. The van der Waals surface area contributed by atoms with Crippen LogP contribution in [0.4, 0.5) is 0 Å². The zero-order valence-electron chi connectivity index (χ0n) is 11.5. The van der Waals surface area contributed by atoms with Gasteiger partial charge in [-0.3, -0.25) is 4.90 Å². The Bertz CT molecular complexity index is 415. The fourth-order valence-corrected chi connectivity index (χ4v) is 1.73. The highest BCUT2D eigenvalue weighted by atomic mass is 15.1. The second kappa shape index (κ2) is 5.84. The van der Waals surface area contributed by atoms with Crippen molar-refractivity contribution in [2.45, 2.75) is 46.2 Å². The number of aryl methyl sites for hydroxylation is 1. The highest BCUT2D eigenvalue weighted by Crippen LogP contribution is 2.20.